The average molecular weight is 175 g/mol. The Labute approximate surface area is 74.9 Å². The Morgan fingerprint density at radius 2 is 1.75 bits per heavy atom. The van der Waals surface area contributed by atoms with Crippen molar-refractivity contribution in [2.45, 2.75) is 39.4 Å². The number of aliphatic hydroxyl groups is 1. The first-order valence-corrected chi connectivity index (χ1v) is 4.21. The number of nitrogens with two attached hydrogens (primary N) is 1. The summed E-state index contributed by atoms with van der Waals surface area (Å²) in [5, 5.41) is 9.90. The van der Waals surface area contributed by atoms with Gasteiger partial charge in [0, 0.05) is 19.1 Å². The first kappa shape index (κ1) is 11.9. The first-order chi connectivity index (χ1) is 5.28. The first-order valence-electron chi connectivity index (χ1n) is 4.21. The van der Waals surface area contributed by atoms with E-state index in [2.05, 4.69) is 0 Å². The Balaban J connectivity index is 4.47. The van der Waals surface area contributed by atoms with E-state index in [1.165, 1.54) is 0 Å². The van der Waals surface area contributed by atoms with E-state index in [1.807, 2.05) is 27.7 Å². The summed E-state index contributed by atoms with van der Waals surface area (Å²) in [6.07, 6.45) is -0.556. The van der Waals surface area contributed by atoms with Crippen molar-refractivity contribution in [1.29, 1.82) is 0 Å². The second-order valence-corrected chi connectivity index (χ2v) is 4.40. The molecule has 12 heavy (non-hydrogen) atoms. The fourth-order valence-electron chi connectivity index (χ4n) is 1.16. The zero-order valence-corrected chi connectivity index (χ0v) is 8.72. The molecule has 3 N–H and O–H groups in total. The molecule has 0 amide bonds. The number of hydrogen-bond donors (Lipinski definition) is 2. The molecule has 0 radical (unpaired) electrons. The summed E-state index contributed by atoms with van der Waals surface area (Å²) in [5.41, 5.74) is 4.70. The zero-order chi connectivity index (χ0) is 9.99. The lowest BCUT2D eigenvalue weighted by Crippen LogP contribution is -2.50. The number of aliphatic hydroxyl groups excluding tert-OH is 1. The highest BCUT2D eigenvalue weighted by Gasteiger charge is 2.38. The third-order valence-electron chi connectivity index (χ3n) is 2.45. The summed E-state index contributed by atoms with van der Waals surface area (Å²) in [6, 6.07) is 0. The molecule has 1 unspecified atom stereocenters. The van der Waals surface area contributed by atoms with Gasteiger partial charge in [-0.05, 0) is 13.8 Å². The molecule has 1 atom stereocenters. The van der Waals surface area contributed by atoms with Crippen LogP contribution >= 0.6 is 0 Å². The molecule has 0 aliphatic carbocycles. The highest BCUT2D eigenvalue weighted by atomic mass is 16.5. The zero-order valence-electron chi connectivity index (χ0n) is 8.72. The third-order valence-corrected chi connectivity index (χ3v) is 2.45. The molecule has 3 nitrogen and oxygen atoms in total. The van der Waals surface area contributed by atoms with E-state index in [0.717, 1.165) is 0 Å². The standard InChI is InChI=1S/C9H21NO2/c1-8(2,6-10)7(11)9(3,4)12-5/h7,11H,6,10H2,1-5H3. The van der Waals surface area contributed by atoms with Crippen LogP contribution in [0.25, 0.3) is 0 Å². The van der Waals surface area contributed by atoms with Crippen LogP contribution in [-0.2, 0) is 4.74 Å². The van der Waals surface area contributed by atoms with E-state index in [0.29, 0.717) is 6.54 Å². The molecule has 0 fully saturated rings. The maximum Gasteiger partial charge on any atom is 0.0887 e. The van der Waals surface area contributed by atoms with Gasteiger partial charge in [-0.25, -0.2) is 0 Å². The molecule has 0 bridgehead atoms. The quantitative estimate of drug-likeness (QED) is 0.663. The summed E-state index contributed by atoms with van der Waals surface area (Å²) in [6.45, 7) is 8.02. The fraction of sp³-hybridized carbons (Fsp3) is 1.00. The summed E-state index contributed by atoms with van der Waals surface area (Å²) in [7, 11) is 1.59. The summed E-state index contributed by atoms with van der Waals surface area (Å²) < 4.78 is 5.18. The molecule has 0 heterocycles. The van der Waals surface area contributed by atoms with Crippen LogP contribution < -0.4 is 5.73 Å². The molecule has 0 aromatic heterocycles. The van der Waals surface area contributed by atoms with E-state index in [9.17, 15) is 5.11 Å². The van der Waals surface area contributed by atoms with Gasteiger partial charge in [-0.2, -0.15) is 0 Å². The lowest BCUT2D eigenvalue weighted by molar-refractivity contribution is -0.122. The normalized spacial score (nSPS) is 16.2. The molecule has 0 aromatic carbocycles. The number of rotatable bonds is 4. The van der Waals surface area contributed by atoms with Crippen LogP contribution in [0.3, 0.4) is 0 Å². The van der Waals surface area contributed by atoms with Gasteiger partial charge in [0.2, 0.25) is 0 Å². The molecule has 0 aliphatic rings. The minimum atomic E-state index is -0.556. The van der Waals surface area contributed by atoms with E-state index in [4.69, 9.17) is 10.5 Å². The molecule has 0 saturated heterocycles. The van der Waals surface area contributed by atoms with Gasteiger partial charge in [0.1, 0.15) is 0 Å². The molecular formula is C9H21NO2. The molecule has 74 valence electrons. The molecule has 0 saturated carbocycles. The van der Waals surface area contributed by atoms with Gasteiger partial charge in [-0.1, -0.05) is 13.8 Å². The number of hydrogen-bond acceptors (Lipinski definition) is 3. The smallest absolute Gasteiger partial charge is 0.0887 e. The average Bonchev–Trinajstić information content (AvgIpc) is 2.03. The van der Waals surface area contributed by atoms with Crippen LogP contribution in [0.5, 0.6) is 0 Å². The Bertz CT molecular complexity index is 127. The Kier molecular flexibility index (Phi) is 3.69. The van der Waals surface area contributed by atoms with E-state index < -0.39 is 11.7 Å². The number of ether oxygens (including phenoxy) is 1. The van der Waals surface area contributed by atoms with Crippen molar-refractivity contribution in [3.8, 4) is 0 Å². The van der Waals surface area contributed by atoms with Crippen molar-refractivity contribution < 1.29 is 9.84 Å². The largest absolute Gasteiger partial charge is 0.390 e. The minimum Gasteiger partial charge on any atom is -0.390 e. The van der Waals surface area contributed by atoms with Gasteiger partial charge in [0.15, 0.2) is 0 Å². The fourth-order valence-corrected chi connectivity index (χ4v) is 1.16. The van der Waals surface area contributed by atoms with Crippen molar-refractivity contribution >= 4 is 0 Å². The Morgan fingerprint density at radius 3 is 2.00 bits per heavy atom. The minimum absolute atomic E-state index is 0.306. The maximum atomic E-state index is 9.90. The summed E-state index contributed by atoms with van der Waals surface area (Å²) in [4.78, 5) is 0. The monoisotopic (exact) mass is 175 g/mol. The van der Waals surface area contributed by atoms with Crippen molar-refractivity contribution in [3.63, 3.8) is 0 Å². The van der Waals surface area contributed by atoms with E-state index in [1.54, 1.807) is 7.11 Å². The lowest BCUT2D eigenvalue weighted by atomic mass is 9.78. The van der Waals surface area contributed by atoms with Crippen LogP contribution in [0.4, 0.5) is 0 Å². The van der Waals surface area contributed by atoms with Crippen LogP contribution in [-0.4, -0.2) is 30.5 Å². The van der Waals surface area contributed by atoms with Gasteiger partial charge >= 0.3 is 0 Å². The molecular weight excluding hydrogens is 154 g/mol. The second kappa shape index (κ2) is 3.73. The van der Waals surface area contributed by atoms with E-state index >= 15 is 0 Å². The van der Waals surface area contributed by atoms with Crippen LogP contribution in [0.2, 0.25) is 0 Å². The van der Waals surface area contributed by atoms with Gasteiger partial charge in [-0.15, -0.1) is 0 Å². The predicted octanol–water partition coefficient (Wildman–Crippen LogP) is 0.757. The van der Waals surface area contributed by atoms with E-state index in [-0.39, 0.29) is 5.41 Å². The van der Waals surface area contributed by atoms with Crippen LogP contribution in [0.15, 0.2) is 0 Å². The Morgan fingerprint density at radius 1 is 1.33 bits per heavy atom. The van der Waals surface area contributed by atoms with Crippen molar-refractivity contribution in [1.82, 2.24) is 0 Å². The summed E-state index contributed by atoms with van der Waals surface area (Å²) in [5.74, 6) is 0. The topological polar surface area (TPSA) is 55.5 Å². The van der Waals surface area contributed by atoms with Crippen molar-refractivity contribution in [2.75, 3.05) is 13.7 Å². The lowest BCUT2D eigenvalue weighted by Gasteiger charge is -2.39. The highest BCUT2D eigenvalue weighted by molar-refractivity contribution is 4.90. The molecule has 0 aromatic rings. The number of methoxy groups -OCH3 is 1. The van der Waals surface area contributed by atoms with Crippen LogP contribution in [0.1, 0.15) is 27.7 Å². The molecule has 0 spiro atoms. The third kappa shape index (κ3) is 2.44. The van der Waals surface area contributed by atoms with Crippen molar-refractivity contribution in [3.05, 3.63) is 0 Å². The SMILES string of the molecule is COC(C)(C)C(O)C(C)(C)CN. The Hall–Kier alpha value is -0.120. The maximum absolute atomic E-state index is 9.90. The predicted molar refractivity (Wildman–Crippen MR) is 49.9 cm³/mol. The van der Waals surface area contributed by atoms with Crippen molar-refractivity contribution in [2.24, 2.45) is 11.1 Å². The highest BCUT2D eigenvalue weighted by Crippen LogP contribution is 2.29. The van der Waals surface area contributed by atoms with Gasteiger partial charge in [-0.3, -0.25) is 0 Å². The molecule has 0 rings (SSSR count). The molecule has 3 heteroatoms. The van der Waals surface area contributed by atoms with Crippen LogP contribution in [0, 0.1) is 5.41 Å². The van der Waals surface area contributed by atoms with Gasteiger partial charge in [0.05, 0.1) is 11.7 Å². The second-order valence-electron chi connectivity index (χ2n) is 4.40. The molecule has 0 aliphatic heterocycles. The van der Waals surface area contributed by atoms with Gasteiger partial charge in [0.25, 0.3) is 0 Å². The van der Waals surface area contributed by atoms with Gasteiger partial charge < -0.3 is 15.6 Å². The summed E-state index contributed by atoms with van der Waals surface area (Å²) >= 11 is 0.